The van der Waals surface area contributed by atoms with Crippen LogP contribution in [-0.4, -0.2) is 67.9 Å². The summed E-state index contributed by atoms with van der Waals surface area (Å²) in [5, 5.41) is 18.3. The van der Waals surface area contributed by atoms with E-state index >= 15 is 0 Å². The number of carbonyl (C=O) groups is 1. The molecule has 39 heavy (non-hydrogen) atoms. The highest BCUT2D eigenvalue weighted by atomic mass is 32.2. The molecule has 10 nitrogen and oxygen atoms in total. The number of aromatic nitrogens is 4. The Labute approximate surface area is 233 Å². The maximum absolute atomic E-state index is 13.0. The number of hydrogen-bond acceptors (Lipinski definition) is 11. The Morgan fingerprint density at radius 1 is 1.15 bits per heavy atom. The minimum absolute atomic E-state index is 0.182. The molecule has 0 bridgehead atoms. The summed E-state index contributed by atoms with van der Waals surface area (Å²) in [7, 11) is -3.54. The van der Waals surface area contributed by atoms with Crippen molar-refractivity contribution < 1.29 is 18.3 Å². The smallest absolute Gasteiger partial charge is 0.225 e. The van der Waals surface area contributed by atoms with Crippen molar-refractivity contribution in [1.29, 1.82) is 0 Å². The summed E-state index contributed by atoms with van der Waals surface area (Å²) in [5.74, 6) is -0.0521. The zero-order chi connectivity index (χ0) is 28.3. The third kappa shape index (κ3) is 5.51. The number of aliphatic hydroxyl groups excluding tert-OH is 1. The van der Waals surface area contributed by atoms with Crippen LogP contribution < -0.4 is 10.6 Å². The summed E-state index contributed by atoms with van der Waals surface area (Å²) in [5.41, 5.74) is 3.01. The van der Waals surface area contributed by atoms with Gasteiger partial charge in [-0.25, -0.2) is 18.4 Å². The first kappa shape index (κ1) is 27.9. The second kappa shape index (κ2) is 10.0. The van der Waals surface area contributed by atoms with Crippen LogP contribution in [0.5, 0.6) is 0 Å². The number of aryl methyl sites for hydroxylation is 2. The number of Topliss-reactive ketones (excluding diaryl/α,β-unsaturated/α-hetero) is 1. The van der Waals surface area contributed by atoms with Gasteiger partial charge in [-0.2, -0.15) is 4.98 Å². The van der Waals surface area contributed by atoms with Gasteiger partial charge in [0.15, 0.2) is 15.6 Å². The average molecular weight is 573 g/mol. The zero-order valence-corrected chi connectivity index (χ0v) is 24.8. The molecule has 5 rings (SSSR count). The normalized spacial score (nSPS) is 22.8. The number of aliphatic hydroxyl groups is 1. The molecule has 0 aromatic carbocycles. The molecule has 4 atom stereocenters. The van der Waals surface area contributed by atoms with Crippen LogP contribution in [0.2, 0.25) is 0 Å². The third-order valence-corrected chi connectivity index (χ3v) is 11.5. The second-order valence-corrected chi connectivity index (χ2v) is 15.6. The highest BCUT2D eigenvalue weighted by Gasteiger charge is 2.45. The molecule has 2 fully saturated rings. The zero-order valence-electron chi connectivity index (χ0n) is 23.1. The summed E-state index contributed by atoms with van der Waals surface area (Å²) < 4.78 is 25.7. The van der Waals surface area contributed by atoms with E-state index < -0.39 is 38.4 Å². The fourth-order valence-corrected chi connectivity index (χ4v) is 7.42. The van der Waals surface area contributed by atoms with Crippen molar-refractivity contribution in [1.82, 2.24) is 19.9 Å². The minimum Gasteiger partial charge on any atom is -0.383 e. The van der Waals surface area contributed by atoms with E-state index in [0.717, 1.165) is 15.9 Å². The second-order valence-electron chi connectivity index (χ2n) is 11.8. The predicted molar refractivity (Wildman–Crippen MR) is 154 cm³/mol. The standard InChI is InChI=1S/C27H36N6O4S2/c1-13(16-7-8-16)29-26-30-14(2)20(25-32-21-15(3)28-10-9-19(21)38-25)24(33-26)31-18-11-17(22(34)23(18)35)12-39(36,37)27(4,5)6/h9-10,13,16-18,23,35H,7-8,11-12H2,1-6H3,(H2,29,30,31,33)/t13-,17-,18?,23+/m1/s1. The van der Waals surface area contributed by atoms with Crippen molar-refractivity contribution in [2.24, 2.45) is 11.8 Å². The van der Waals surface area contributed by atoms with E-state index in [9.17, 15) is 18.3 Å². The molecule has 2 aliphatic carbocycles. The number of hydrogen-bond donors (Lipinski definition) is 3. The van der Waals surface area contributed by atoms with Gasteiger partial charge in [0.05, 0.1) is 38.2 Å². The number of carbonyl (C=O) groups excluding carboxylic acids is 1. The number of ketones is 1. The first-order valence-electron chi connectivity index (χ1n) is 13.3. The van der Waals surface area contributed by atoms with E-state index in [1.54, 1.807) is 27.0 Å². The summed E-state index contributed by atoms with van der Waals surface area (Å²) in [4.78, 5) is 31.7. The number of pyridine rings is 1. The number of anilines is 2. The van der Waals surface area contributed by atoms with Gasteiger partial charge in [0.2, 0.25) is 5.95 Å². The topological polar surface area (TPSA) is 147 Å². The van der Waals surface area contributed by atoms with Crippen LogP contribution in [0.15, 0.2) is 12.3 Å². The summed E-state index contributed by atoms with van der Waals surface area (Å²) in [6.07, 6.45) is 2.93. The largest absolute Gasteiger partial charge is 0.383 e. The fraction of sp³-hybridized carbons (Fsp3) is 0.593. The van der Waals surface area contributed by atoms with Gasteiger partial charge < -0.3 is 15.7 Å². The highest BCUT2D eigenvalue weighted by molar-refractivity contribution is 7.92. The Morgan fingerprint density at radius 3 is 2.51 bits per heavy atom. The Kier molecular flexibility index (Phi) is 7.17. The van der Waals surface area contributed by atoms with Crippen LogP contribution in [0.4, 0.5) is 11.8 Å². The first-order valence-corrected chi connectivity index (χ1v) is 15.8. The van der Waals surface area contributed by atoms with Gasteiger partial charge >= 0.3 is 0 Å². The van der Waals surface area contributed by atoms with Gasteiger partial charge in [0, 0.05) is 18.2 Å². The molecule has 210 valence electrons. The summed E-state index contributed by atoms with van der Waals surface area (Å²) >= 11 is 1.50. The Morgan fingerprint density at radius 2 is 1.87 bits per heavy atom. The van der Waals surface area contributed by atoms with Gasteiger partial charge in [-0.15, -0.1) is 11.3 Å². The van der Waals surface area contributed by atoms with Gasteiger partial charge in [-0.05, 0) is 72.8 Å². The monoisotopic (exact) mass is 572 g/mol. The number of fused-ring (bicyclic) bond motifs is 1. The van der Waals surface area contributed by atoms with Crippen molar-refractivity contribution in [2.45, 2.75) is 83.7 Å². The van der Waals surface area contributed by atoms with Crippen molar-refractivity contribution in [3.05, 3.63) is 23.7 Å². The minimum atomic E-state index is -3.54. The van der Waals surface area contributed by atoms with Crippen LogP contribution in [-0.2, 0) is 14.6 Å². The molecule has 2 saturated carbocycles. The lowest BCUT2D eigenvalue weighted by atomic mass is 10.1. The van der Waals surface area contributed by atoms with E-state index in [1.807, 2.05) is 19.9 Å². The van der Waals surface area contributed by atoms with Crippen LogP contribution >= 0.6 is 11.3 Å². The average Bonchev–Trinajstić information content (AvgIpc) is 3.55. The Hall–Kier alpha value is -2.70. The van der Waals surface area contributed by atoms with E-state index in [-0.39, 0.29) is 18.2 Å². The van der Waals surface area contributed by atoms with E-state index in [2.05, 4.69) is 22.5 Å². The number of rotatable bonds is 8. The van der Waals surface area contributed by atoms with E-state index in [1.165, 1.54) is 24.2 Å². The molecule has 2 aliphatic rings. The van der Waals surface area contributed by atoms with Crippen molar-refractivity contribution in [3.63, 3.8) is 0 Å². The maximum atomic E-state index is 13.0. The Balaban J connectivity index is 1.50. The van der Waals surface area contributed by atoms with Crippen molar-refractivity contribution >= 4 is 48.9 Å². The number of nitrogens with zero attached hydrogens (tertiary/aromatic N) is 4. The van der Waals surface area contributed by atoms with Crippen molar-refractivity contribution in [3.8, 4) is 10.6 Å². The molecule has 0 amide bonds. The molecule has 0 aliphatic heterocycles. The van der Waals surface area contributed by atoms with Gasteiger partial charge in [0.25, 0.3) is 0 Å². The lowest BCUT2D eigenvalue weighted by molar-refractivity contribution is -0.127. The van der Waals surface area contributed by atoms with Gasteiger partial charge in [-0.3, -0.25) is 9.78 Å². The van der Waals surface area contributed by atoms with Gasteiger partial charge in [-0.1, -0.05) is 0 Å². The van der Waals surface area contributed by atoms with Gasteiger partial charge in [0.1, 0.15) is 22.4 Å². The lowest BCUT2D eigenvalue weighted by Gasteiger charge is -2.22. The summed E-state index contributed by atoms with van der Waals surface area (Å²) in [6, 6.07) is 1.43. The van der Waals surface area contributed by atoms with Crippen LogP contribution in [0, 0.1) is 25.7 Å². The van der Waals surface area contributed by atoms with Crippen LogP contribution in [0.1, 0.15) is 58.3 Å². The molecule has 12 heteroatoms. The first-order chi connectivity index (χ1) is 18.2. The molecule has 3 aromatic rings. The molecular formula is C27H36N6O4S2. The number of nitrogens with one attached hydrogen (secondary N) is 2. The van der Waals surface area contributed by atoms with Crippen LogP contribution in [0.3, 0.4) is 0 Å². The third-order valence-electron chi connectivity index (χ3n) is 7.77. The highest BCUT2D eigenvalue weighted by Crippen LogP contribution is 2.39. The molecule has 3 aromatic heterocycles. The Bertz CT molecular complexity index is 1530. The molecule has 0 spiro atoms. The van der Waals surface area contributed by atoms with Crippen LogP contribution in [0.25, 0.3) is 20.8 Å². The number of sulfone groups is 1. The fourth-order valence-electron chi connectivity index (χ4n) is 4.97. The van der Waals surface area contributed by atoms with Crippen molar-refractivity contribution in [2.75, 3.05) is 16.4 Å². The summed E-state index contributed by atoms with van der Waals surface area (Å²) in [6.45, 7) is 10.8. The predicted octanol–water partition coefficient (Wildman–Crippen LogP) is 3.92. The maximum Gasteiger partial charge on any atom is 0.225 e. The number of thiazole rings is 1. The lowest BCUT2D eigenvalue weighted by Crippen LogP contribution is -2.35. The quantitative estimate of drug-likeness (QED) is 0.363. The SMILES string of the molecule is Cc1nc(N[C@H](C)C2CC2)nc(NC2C[C@H](CS(=O)(=O)C(C)(C)C)C(=O)[C@H]2O)c1-c1nc2c(C)nccc2s1. The molecular weight excluding hydrogens is 536 g/mol. The van der Waals surface area contributed by atoms with E-state index in [0.29, 0.717) is 33.9 Å². The molecule has 0 radical (unpaired) electrons. The van der Waals surface area contributed by atoms with E-state index in [4.69, 9.17) is 15.0 Å². The molecule has 0 saturated heterocycles. The molecule has 3 N–H and O–H groups in total. The molecule has 3 heterocycles. The molecule has 1 unspecified atom stereocenters.